The van der Waals surface area contributed by atoms with E-state index in [1.807, 2.05) is 36.4 Å². The van der Waals surface area contributed by atoms with Crippen molar-refractivity contribution in [2.45, 2.75) is 0 Å². The molecule has 0 saturated carbocycles. The van der Waals surface area contributed by atoms with Gasteiger partial charge in [0.05, 0.1) is 21.5 Å². The smallest absolute Gasteiger partial charge is 0.164 e. The van der Waals surface area contributed by atoms with Crippen LogP contribution in [-0.2, 0) is 0 Å². The summed E-state index contributed by atoms with van der Waals surface area (Å²) >= 11 is 1.72. The molecule has 4 aromatic heterocycles. The van der Waals surface area contributed by atoms with Crippen molar-refractivity contribution in [3.8, 4) is 33.8 Å². The minimum absolute atomic E-state index is 0.625. The van der Waals surface area contributed by atoms with Crippen LogP contribution in [0.15, 0.2) is 142 Å². The van der Waals surface area contributed by atoms with Gasteiger partial charge in [0.25, 0.3) is 0 Å². The standard InChI is InChI=1S/C40H22N2O2S/c1-2-10-23(11-3-1)24-20-21-34-31(22-24)36-39(45-34)35(29-16-8-14-27-25-12-4-6-18-32(25)43-37(27)29)41-40(42-36)30-17-9-15-28-26-13-5-7-19-33(26)44-38(28)30/h1-22H. The van der Waals surface area contributed by atoms with Crippen molar-refractivity contribution >= 4 is 75.5 Å². The van der Waals surface area contributed by atoms with E-state index in [1.165, 1.54) is 5.56 Å². The fraction of sp³-hybridized carbons (Fsp3) is 0. The van der Waals surface area contributed by atoms with Crippen LogP contribution in [0.1, 0.15) is 0 Å². The Hall–Kier alpha value is -5.78. The fourth-order valence-electron chi connectivity index (χ4n) is 6.61. The normalized spacial score (nSPS) is 12.0. The second-order valence-corrected chi connectivity index (χ2v) is 12.4. The quantitative estimate of drug-likeness (QED) is 0.204. The third-order valence-electron chi connectivity index (χ3n) is 8.72. The topological polar surface area (TPSA) is 52.1 Å². The van der Waals surface area contributed by atoms with Crippen LogP contribution in [0.25, 0.3) is 98.0 Å². The summed E-state index contributed by atoms with van der Waals surface area (Å²) in [5, 5.41) is 5.40. The molecule has 0 N–H and O–H groups in total. The predicted octanol–water partition coefficient (Wildman–Crippen LogP) is 11.6. The lowest BCUT2D eigenvalue weighted by atomic mass is 10.0. The molecule has 0 spiro atoms. The Kier molecular flexibility index (Phi) is 5.12. The molecule has 0 atom stereocenters. The molecule has 0 fully saturated rings. The summed E-state index contributed by atoms with van der Waals surface area (Å²) in [5.41, 5.74) is 9.25. The molecule has 10 rings (SSSR count). The van der Waals surface area contributed by atoms with E-state index in [0.29, 0.717) is 5.82 Å². The zero-order chi connectivity index (χ0) is 29.5. The first-order chi connectivity index (χ1) is 22.3. The Labute approximate surface area is 260 Å². The molecule has 5 heteroatoms. The molecule has 10 aromatic rings. The Morgan fingerprint density at radius 3 is 1.82 bits per heavy atom. The minimum atomic E-state index is 0.625. The highest BCUT2D eigenvalue weighted by molar-refractivity contribution is 7.26. The van der Waals surface area contributed by atoms with E-state index < -0.39 is 0 Å². The minimum Gasteiger partial charge on any atom is -0.455 e. The molecule has 0 unspecified atom stereocenters. The molecule has 0 bridgehead atoms. The maximum absolute atomic E-state index is 6.52. The molecular weight excluding hydrogens is 573 g/mol. The van der Waals surface area contributed by atoms with Crippen LogP contribution in [0, 0.1) is 0 Å². The maximum atomic E-state index is 6.52. The zero-order valence-electron chi connectivity index (χ0n) is 23.8. The van der Waals surface area contributed by atoms with E-state index in [-0.39, 0.29) is 0 Å². The van der Waals surface area contributed by atoms with Gasteiger partial charge in [-0.1, -0.05) is 97.1 Å². The average molecular weight is 595 g/mol. The maximum Gasteiger partial charge on any atom is 0.164 e. The van der Waals surface area contributed by atoms with Gasteiger partial charge in [0.15, 0.2) is 5.82 Å². The van der Waals surface area contributed by atoms with Gasteiger partial charge in [0.1, 0.15) is 22.3 Å². The van der Waals surface area contributed by atoms with Gasteiger partial charge in [0, 0.05) is 37.2 Å². The molecule has 0 aliphatic rings. The number of para-hydroxylation sites is 4. The van der Waals surface area contributed by atoms with Crippen molar-refractivity contribution in [1.29, 1.82) is 0 Å². The van der Waals surface area contributed by atoms with Crippen molar-refractivity contribution < 1.29 is 8.83 Å². The van der Waals surface area contributed by atoms with Crippen molar-refractivity contribution in [1.82, 2.24) is 9.97 Å². The van der Waals surface area contributed by atoms with Crippen molar-refractivity contribution in [3.05, 3.63) is 133 Å². The largest absolute Gasteiger partial charge is 0.455 e. The first-order valence-corrected chi connectivity index (χ1v) is 15.7. The lowest BCUT2D eigenvalue weighted by Crippen LogP contribution is -1.94. The molecule has 210 valence electrons. The number of hydrogen-bond donors (Lipinski definition) is 0. The number of nitrogens with zero attached hydrogens (tertiary/aromatic N) is 2. The molecule has 45 heavy (non-hydrogen) atoms. The number of rotatable bonds is 3. The van der Waals surface area contributed by atoms with E-state index in [4.69, 9.17) is 18.8 Å². The Morgan fingerprint density at radius 1 is 0.467 bits per heavy atom. The highest BCUT2D eigenvalue weighted by Gasteiger charge is 2.22. The summed E-state index contributed by atoms with van der Waals surface area (Å²) in [6.45, 7) is 0. The van der Waals surface area contributed by atoms with E-state index in [9.17, 15) is 0 Å². The van der Waals surface area contributed by atoms with Crippen molar-refractivity contribution in [2.24, 2.45) is 0 Å². The molecule has 0 radical (unpaired) electrons. The molecule has 0 saturated heterocycles. The van der Waals surface area contributed by atoms with Crippen LogP contribution in [0.3, 0.4) is 0 Å². The average Bonchev–Trinajstić information content (AvgIpc) is 3.79. The first kappa shape index (κ1) is 24.6. The van der Waals surface area contributed by atoms with Crippen LogP contribution < -0.4 is 0 Å². The Morgan fingerprint density at radius 2 is 1.09 bits per heavy atom. The van der Waals surface area contributed by atoms with Crippen LogP contribution in [-0.4, -0.2) is 9.97 Å². The van der Waals surface area contributed by atoms with Gasteiger partial charge in [-0.05, 0) is 47.5 Å². The molecule has 6 aromatic carbocycles. The zero-order valence-corrected chi connectivity index (χ0v) is 24.6. The van der Waals surface area contributed by atoms with Gasteiger partial charge in [-0.25, -0.2) is 9.97 Å². The van der Waals surface area contributed by atoms with Gasteiger partial charge in [0.2, 0.25) is 0 Å². The highest BCUT2D eigenvalue weighted by Crippen LogP contribution is 2.44. The summed E-state index contributed by atoms with van der Waals surface area (Å²) < 4.78 is 15.2. The Bertz CT molecular complexity index is 2770. The summed E-state index contributed by atoms with van der Waals surface area (Å²) in [5.74, 6) is 0.625. The van der Waals surface area contributed by atoms with Gasteiger partial charge in [-0.3, -0.25) is 0 Å². The van der Waals surface area contributed by atoms with Crippen LogP contribution in [0.5, 0.6) is 0 Å². The SMILES string of the molecule is c1ccc(-c2ccc3sc4c(-c5cccc6c5oc5ccccc56)nc(-c5cccc6c5oc5ccccc56)nc4c3c2)cc1. The van der Waals surface area contributed by atoms with Gasteiger partial charge in [-0.15, -0.1) is 11.3 Å². The van der Waals surface area contributed by atoms with E-state index in [2.05, 4.69) is 97.1 Å². The second-order valence-electron chi connectivity index (χ2n) is 11.3. The number of aromatic nitrogens is 2. The molecular formula is C40H22N2O2S. The van der Waals surface area contributed by atoms with E-state index in [0.717, 1.165) is 86.6 Å². The van der Waals surface area contributed by atoms with Gasteiger partial charge in [-0.2, -0.15) is 0 Å². The fourth-order valence-corrected chi connectivity index (χ4v) is 7.74. The lowest BCUT2D eigenvalue weighted by molar-refractivity contribution is 0.669. The molecule has 0 amide bonds. The molecule has 4 nitrogen and oxygen atoms in total. The molecule has 4 heterocycles. The highest BCUT2D eigenvalue weighted by atomic mass is 32.1. The van der Waals surface area contributed by atoms with Crippen LogP contribution in [0.4, 0.5) is 0 Å². The molecule has 0 aliphatic carbocycles. The summed E-state index contributed by atoms with van der Waals surface area (Å²) in [4.78, 5) is 10.6. The van der Waals surface area contributed by atoms with Crippen LogP contribution in [0.2, 0.25) is 0 Å². The number of thiophene rings is 1. The first-order valence-electron chi connectivity index (χ1n) is 14.9. The Balaban J connectivity index is 1.32. The third-order valence-corrected chi connectivity index (χ3v) is 9.89. The monoisotopic (exact) mass is 594 g/mol. The lowest BCUT2D eigenvalue weighted by Gasteiger charge is -2.08. The molecule has 0 aliphatic heterocycles. The summed E-state index contributed by atoms with van der Waals surface area (Å²) in [7, 11) is 0. The second kappa shape index (κ2) is 9.36. The summed E-state index contributed by atoms with van der Waals surface area (Å²) in [6.07, 6.45) is 0. The van der Waals surface area contributed by atoms with Crippen molar-refractivity contribution in [2.75, 3.05) is 0 Å². The van der Waals surface area contributed by atoms with E-state index in [1.54, 1.807) is 11.3 Å². The van der Waals surface area contributed by atoms with Crippen LogP contribution >= 0.6 is 11.3 Å². The van der Waals surface area contributed by atoms with E-state index >= 15 is 0 Å². The number of furan rings is 2. The van der Waals surface area contributed by atoms with Gasteiger partial charge < -0.3 is 8.83 Å². The third kappa shape index (κ3) is 3.65. The predicted molar refractivity (Wildman–Crippen MR) is 186 cm³/mol. The van der Waals surface area contributed by atoms with Gasteiger partial charge >= 0.3 is 0 Å². The number of hydrogen-bond acceptors (Lipinski definition) is 5. The number of benzene rings is 6. The summed E-state index contributed by atoms with van der Waals surface area (Å²) in [6, 6.07) is 46.0. The number of fused-ring (bicyclic) bond motifs is 9. The van der Waals surface area contributed by atoms with Crippen molar-refractivity contribution in [3.63, 3.8) is 0 Å².